The van der Waals surface area contributed by atoms with Crippen LogP contribution in [0.2, 0.25) is 0 Å². The maximum absolute atomic E-state index is 6.49. The summed E-state index contributed by atoms with van der Waals surface area (Å²) in [5.41, 5.74) is 10.7. The highest BCUT2D eigenvalue weighted by atomic mass is 31.3. The van der Waals surface area contributed by atoms with Crippen LogP contribution in [0.25, 0.3) is 0 Å². The van der Waals surface area contributed by atoms with Crippen LogP contribution in [-0.2, 0) is 43.4 Å². The fourth-order valence-electron chi connectivity index (χ4n) is 5.42. The van der Waals surface area contributed by atoms with E-state index >= 15 is 0 Å². The van der Waals surface area contributed by atoms with Gasteiger partial charge in [-0.15, -0.1) is 0 Å². The molecule has 0 spiro atoms. The molecule has 2 bridgehead atoms. The lowest BCUT2D eigenvalue weighted by molar-refractivity contribution is 0.183. The highest BCUT2D eigenvalue weighted by molar-refractivity contribution is 7.78. The van der Waals surface area contributed by atoms with E-state index in [-0.39, 0.29) is 27.6 Å². The fourth-order valence-corrected chi connectivity index (χ4v) is 9.80. The minimum absolute atomic E-state index is 0.00170. The van der Waals surface area contributed by atoms with Crippen molar-refractivity contribution in [3.05, 3.63) is 68.8 Å². The van der Waals surface area contributed by atoms with Gasteiger partial charge in [0.1, 0.15) is 0 Å². The van der Waals surface area contributed by atoms with Crippen molar-refractivity contribution in [3.8, 4) is 0 Å². The molecule has 40 heavy (non-hydrogen) atoms. The summed E-state index contributed by atoms with van der Waals surface area (Å²) in [5.74, 6) is 0.00170. The zero-order chi connectivity index (χ0) is 30.0. The molecule has 0 N–H and O–H groups in total. The van der Waals surface area contributed by atoms with Crippen molar-refractivity contribution in [2.75, 3.05) is 6.61 Å². The van der Waals surface area contributed by atoms with Crippen molar-refractivity contribution in [1.29, 1.82) is 0 Å². The van der Waals surface area contributed by atoms with Crippen molar-refractivity contribution >= 4 is 25.8 Å². The van der Waals surface area contributed by atoms with Crippen molar-refractivity contribution in [1.82, 2.24) is 0 Å². The lowest BCUT2D eigenvalue weighted by Gasteiger charge is -2.39. The molecule has 2 aromatic rings. The van der Waals surface area contributed by atoms with Gasteiger partial charge < -0.3 is 4.52 Å². The molecule has 0 aromatic heterocycles. The first-order valence-corrected chi connectivity index (χ1v) is 17.5. The van der Waals surface area contributed by atoms with Gasteiger partial charge in [-0.1, -0.05) is 107 Å². The van der Waals surface area contributed by atoms with Crippen LogP contribution in [0, 0.1) is 13.8 Å². The fraction of sp³-hybridized carbons (Fsp3) is 0.625. The Morgan fingerprint density at radius 3 is 1.27 bits per heavy atom. The van der Waals surface area contributed by atoms with Gasteiger partial charge in [-0.25, -0.2) is 17.2 Å². The van der Waals surface area contributed by atoms with Gasteiger partial charge in [0.15, 0.2) is 0 Å². The molecule has 3 heterocycles. The molecular weight excluding hydrogens is 557 g/mol. The molecule has 0 saturated carbocycles. The molecule has 0 amide bonds. The molecule has 3 fully saturated rings. The zero-order valence-electron chi connectivity index (χ0n) is 27.0. The van der Waals surface area contributed by atoms with E-state index in [1.165, 1.54) is 44.5 Å². The number of benzene rings is 2. The van der Waals surface area contributed by atoms with Crippen LogP contribution in [0.4, 0.5) is 0 Å². The summed E-state index contributed by atoms with van der Waals surface area (Å²) in [6.07, 6.45) is 0. The first-order chi connectivity index (χ1) is 18.2. The van der Waals surface area contributed by atoms with E-state index < -0.39 is 25.8 Å². The second-order valence-electron chi connectivity index (χ2n) is 15.4. The van der Waals surface area contributed by atoms with Crippen molar-refractivity contribution < 1.29 is 21.8 Å². The lowest BCUT2D eigenvalue weighted by Crippen LogP contribution is -2.26. The Labute approximate surface area is 247 Å². The summed E-state index contributed by atoms with van der Waals surface area (Å²) in [5, 5.41) is 0. The van der Waals surface area contributed by atoms with Gasteiger partial charge in [0.2, 0.25) is 0 Å². The van der Waals surface area contributed by atoms with Gasteiger partial charge in [-0.05, 0) is 80.0 Å². The average molecular weight is 607 g/mol. The van der Waals surface area contributed by atoms with Crippen LogP contribution in [0.15, 0.2) is 24.3 Å². The van der Waals surface area contributed by atoms with E-state index in [2.05, 4.69) is 121 Å². The SMILES string of the molecule is Cc1cc(C(C)(C)C)cc(C(C)(C)C)c1C(COP1OP2OP(O1)O2)c1c(C)cc(C(C)(C)C)cc1C(C)(C)C. The summed E-state index contributed by atoms with van der Waals surface area (Å²) in [6.45, 7) is 32.7. The molecule has 8 heteroatoms. The van der Waals surface area contributed by atoms with Crippen LogP contribution in [0.5, 0.6) is 0 Å². The summed E-state index contributed by atoms with van der Waals surface area (Å²) in [7, 11) is -4.14. The van der Waals surface area contributed by atoms with Crippen LogP contribution in [0.3, 0.4) is 0 Å². The van der Waals surface area contributed by atoms with Crippen LogP contribution < -0.4 is 0 Å². The maximum Gasteiger partial charge on any atom is 0.354 e. The second-order valence-corrected chi connectivity index (χ2v) is 19.6. The van der Waals surface area contributed by atoms with Gasteiger partial charge >= 0.3 is 25.8 Å². The smallest absolute Gasteiger partial charge is 0.311 e. The largest absolute Gasteiger partial charge is 0.354 e. The molecule has 5 rings (SSSR count). The van der Waals surface area contributed by atoms with Crippen molar-refractivity contribution in [3.63, 3.8) is 0 Å². The number of aryl methyl sites for hydroxylation is 2. The molecule has 0 unspecified atom stereocenters. The van der Waals surface area contributed by atoms with Crippen LogP contribution in [-0.4, -0.2) is 6.61 Å². The topological polar surface area (TPSA) is 46.2 Å². The predicted molar refractivity (Wildman–Crippen MR) is 170 cm³/mol. The molecule has 5 nitrogen and oxygen atoms in total. The number of hydrogen-bond acceptors (Lipinski definition) is 5. The van der Waals surface area contributed by atoms with Gasteiger partial charge in [0, 0.05) is 5.92 Å². The first-order valence-electron chi connectivity index (χ1n) is 14.2. The standard InChI is InChI=1S/C32H49O5P3/c1-20-15-22(29(3,4)5)17-25(31(9,10)11)27(20)24(19-33-38-34-39-36-40(35-38)37-39)28-21(2)16-23(30(6,7)8)18-26(28)32(12,13)14/h15-18,24H,19H2,1-14H3. The molecule has 3 aliphatic rings. The number of fused-ring (bicyclic) bond motifs is 2. The highest BCUT2D eigenvalue weighted by Crippen LogP contribution is 2.85. The van der Waals surface area contributed by atoms with E-state index in [9.17, 15) is 0 Å². The van der Waals surface area contributed by atoms with Gasteiger partial charge in [0.05, 0.1) is 6.61 Å². The summed E-state index contributed by atoms with van der Waals surface area (Å²) in [4.78, 5) is 0. The van der Waals surface area contributed by atoms with E-state index in [0.717, 1.165) is 0 Å². The molecule has 0 radical (unpaired) electrons. The Morgan fingerprint density at radius 1 is 0.575 bits per heavy atom. The zero-order valence-corrected chi connectivity index (χ0v) is 29.7. The minimum Gasteiger partial charge on any atom is -0.311 e. The molecule has 3 saturated heterocycles. The monoisotopic (exact) mass is 606 g/mol. The minimum atomic E-state index is -1.51. The van der Waals surface area contributed by atoms with Gasteiger partial charge in [-0.3, -0.25) is 0 Å². The van der Waals surface area contributed by atoms with Crippen LogP contribution >= 0.6 is 25.8 Å². The molecule has 0 aliphatic carbocycles. The summed E-state index contributed by atoms with van der Waals surface area (Å²) < 4.78 is 29.0. The van der Waals surface area contributed by atoms with E-state index in [1.54, 1.807) is 0 Å². The Bertz CT molecular complexity index is 1150. The van der Waals surface area contributed by atoms with Crippen molar-refractivity contribution in [2.24, 2.45) is 0 Å². The second kappa shape index (κ2) is 11.2. The van der Waals surface area contributed by atoms with E-state index in [0.29, 0.717) is 6.61 Å². The number of hydrogen-bond donors (Lipinski definition) is 0. The number of rotatable bonds is 5. The molecular formula is C32H49O5P3. The maximum atomic E-state index is 6.49. The average Bonchev–Trinajstić information content (AvgIpc) is 2.77. The Kier molecular flexibility index (Phi) is 9.11. The molecule has 3 aliphatic heterocycles. The quantitative estimate of drug-likeness (QED) is 0.317. The predicted octanol–water partition coefficient (Wildman–Crippen LogP) is 11.4. The Balaban J connectivity index is 1.95. The highest BCUT2D eigenvalue weighted by Gasteiger charge is 2.49. The van der Waals surface area contributed by atoms with Gasteiger partial charge in [0.25, 0.3) is 0 Å². The molecule has 0 atom stereocenters. The van der Waals surface area contributed by atoms with Gasteiger partial charge in [-0.2, -0.15) is 0 Å². The summed E-state index contributed by atoms with van der Waals surface area (Å²) in [6, 6.07) is 9.64. The summed E-state index contributed by atoms with van der Waals surface area (Å²) >= 11 is 0. The third kappa shape index (κ3) is 7.01. The lowest BCUT2D eigenvalue weighted by atomic mass is 9.69. The van der Waals surface area contributed by atoms with Crippen LogP contribution in [0.1, 0.15) is 134 Å². The Hall–Kier alpha value is -0.470. The molecule has 222 valence electrons. The molecule has 2 aromatic carbocycles. The third-order valence-corrected chi connectivity index (χ3v) is 12.3. The van der Waals surface area contributed by atoms with E-state index in [4.69, 9.17) is 21.8 Å². The van der Waals surface area contributed by atoms with E-state index in [1.807, 2.05) is 0 Å². The first kappa shape index (κ1) is 32.4. The Morgan fingerprint density at radius 2 is 0.950 bits per heavy atom. The normalized spacial score (nSPS) is 22.0. The third-order valence-electron chi connectivity index (χ3n) is 7.70. The van der Waals surface area contributed by atoms with Crippen molar-refractivity contribution in [2.45, 2.75) is 125 Å².